The molecule has 1 fully saturated rings. The summed E-state index contributed by atoms with van der Waals surface area (Å²) >= 11 is 0. The Hall–Kier alpha value is -0.410. The summed E-state index contributed by atoms with van der Waals surface area (Å²) in [4.78, 5) is 12.3. The van der Waals surface area contributed by atoms with Gasteiger partial charge in [-0.3, -0.25) is 4.90 Å². The zero-order valence-corrected chi connectivity index (χ0v) is 6.25. The van der Waals surface area contributed by atoms with E-state index in [0.717, 1.165) is 32.4 Å². The molecule has 1 aliphatic heterocycles. The van der Waals surface area contributed by atoms with Gasteiger partial charge in [-0.25, -0.2) is 0 Å². The highest BCUT2D eigenvalue weighted by Crippen LogP contribution is 2.13. The van der Waals surface area contributed by atoms with Crippen LogP contribution >= 0.6 is 0 Å². The Morgan fingerprint density at radius 2 is 2.60 bits per heavy atom. The predicted octanol–water partition coefficient (Wildman–Crippen LogP) is -0.0940. The average molecular weight is 143 g/mol. The quantitative estimate of drug-likeness (QED) is 0.306. The van der Waals surface area contributed by atoms with Gasteiger partial charge in [-0.15, -0.1) is 0 Å². The fourth-order valence-corrected chi connectivity index (χ4v) is 0.991. The van der Waals surface area contributed by atoms with Gasteiger partial charge < -0.3 is 9.53 Å². The van der Waals surface area contributed by atoms with Crippen molar-refractivity contribution in [3.63, 3.8) is 0 Å². The molecule has 1 rings (SSSR count). The number of aldehydes is 1. The number of rotatable bonds is 5. The van der Waals surface area contributed by atoms with Gasteiger partial charge in [0.15, 0.2) is 0 Å². The molecule has 1 aliphatic rings. The second kappa shape index (κ2) is 3.68. The molecule has 1 unspecified atom stereocenters. The Balaban J connectivity index is 1.91. The molecule has 2 atom stereocenters. The van der Waals surface area contributed by atoms with E-state index < -0.39 is 0 Å². The van der Waals surface area contributed by atoms with Crippen molar-refractivity contribution in [2.75, 3.05) is 26.8 Å². The third-order valence-electron chi connectivity index (χ3n) is 1.71. The molecule has 0 saturated carbocycles. The summed E-state index contributed by atoms with van der Waals surface area (Å²) in [6, 6.07) is 0.219. The van der Waals surface area contributed by atoms with Gasteiger partial charge in [-0.1, -0.05) is 0 Å². The molecule has 0 bridgehead atoms. The zero-order valence-electron chi connectivity index (χ0n) is 6.25. The van der Waals surface area contributed by atoms with Crippen molar-refractivity contribution in [2.24, 2.45) is 0 Å². The van der Waals surface area contributed by atoms with E-state index in [0.29, 0.717) is 0 Å². The lowest BCUT2D eigenvalue weighted by Crippen LogP contribution is -2.06. The van der Waals surface area contributed by atoms with Crippen LogP contribution in [0.2, 0.25) is 0 Å². The molecule has 1 saturated heterocycles. The molecule has 0 amide bonds. The first-order valence-electron chi connectivity index (χ1n) is 3.56. The van der Waals surface area contributed by atoms with E-state index in [2.05, 4.69) is 4.90 Å². The summed E-state index contributed by atoms with van der Waals surface area (Å²) in [5.74, 6) is 0. The Morgan fingerprint density at radius 3 is 3.10 bits per heavy atom. The van der Waals surface area contributed by atoms with Crippen LogP contribution < -0.4 is 0 Å². The highest BCUT2D eigenvalue weighted by atomic mass is 16.5. The molecule has 0 radical (unpaired) electrons. The van der Waals surface area contributed by atoms with Crippen LogP contribution in [-0.2, 0) is 9.53 Å². The molecular formula is C7H13NO2. The van der Waals surface area contributed by atoms with Crippen molar-refractivity contribution >= 4 is 6.29 Å². The van der Waals surface area contributed by atoms with Crippen molar-refractivity contribution in [3.8, 4) is 0 Å². The zero-order chi connectivity index (χ0) is 7.40. The van der Waals surface area contributed by atoms with Gasteiger partial charge in [0.05, 0.1) is 6.04 Å². The maximum absolute atomic E-state index is 10.1. The summed E-state index contributed by atoms with van der Waals surface area (Å²) < 4.78 is 4.87. The Labute approximate surface area is 61.0 Å². The van der Waals surface area contributed by atoms with E-state index in [1.165, 1.54) is 0 Å². The largest absolute Gasteiger partial charge is 0.385 e. The fraction of sp³-hybridized carbons (Fsp3) is 0.857. The van der Waals surface area contributed by atoms with Crippen LogP contribution in [0.15, 0.2) is 0 Å². The maximum Gasteiger partial charge on any atom is 0.138 e. The first kappa shape index (κ1) is 7.69. The second-order valence-corrected chi connectivity index (χ2v) is 2.54. The van der Waals surface area contributed by atoms with Crippen LogP contribution in [0.25, 0.3) is 0 Å². The summed E-state index contributed by atoms with van der Waals surface area (Å²) in [7, 11) is 1.69. The number of ether oxygens (including phenoxy) is 1. The summed E-state index contributed by atoms with van der Waals surface area (Å²) in [5, 5.41) is 0. The number of carbonyl (C=O) groups excluding carboxylic acids is 1. The van der Waals surface area contributed by atoms with Gasteiger partial charge in [0.2, 0.25) is 0 Å². The van der Waals surface area contributed by atoms with Crippen LogP contribution in [0.4, 0.5) is 0 Å². The highest BCUT2D eigenvalue weighted by Gasteiger charge is 2.32. The lowest BCUT2D eigenvalue weighted by molar-refractivity contribution is -0.108. The molecular weight excluding hydrogens is 130 g/mol. The van der Waals surface area contributed by atoms with Crippen LogP contribution in [0, 0.1) is 0 Å². The third-order valence-corrected chi connectivity index (χ3v) is 1.71. The standard InChI is InChI=1S/C7H13NO2/c1-10-4-2-3-8-5-7(8)6-9/h6-7H,2-5H2,1H3/t7-,8?/m0/s1. The maximum atomic E-state index is 10.1. The number of methoxy groups -OCH3 is 1. The van der Waals surface area contributed by atoms with Gasteiger partial charge in [-0.2, -0.15) is 0 Å². The molecule has 0 aliphatic carbocycles. The summed E-state index contributed by atoms with van der Waals surface area (Å²) in [5.41, 5.74) is 0. The molecule has 10 heavy (non-hydrogen) atoms. The fourth-order valence-electron chi connectivity index (χ4n) is 0.991. The normalized spacial score (nSPS) is 30.1. The van der Waals surface area contributed by atoms with Gasteiger partial charge in [-0.05, 0) is 6.42 Å². The van der Waals surface area contributed by atoms with E-state index in [9.17, 15) is 4.79 Å². The van der Waals surface area contributed by atoms with Crippen molar-refractivity contribution in [1.29, 1.82) is 0 Å². The molecule has 0 spiro atoms. The lowest BCUT2D eigenvalue weighted by atomic mass is 10.4. The van der Waals surface area contributed by atoms with E-state index in [4.69, 9.17) is 4.74 Å². The third kappa shape index (κ3) is 2.08. The molecule has 0 aromatic carbocycles. The van der Waals surface area contributed by atoms with E-state index in [1.54, 1.807) is 7.11 Å². The molecule has 0 N–H and O–H groups in total. The average Bonchev–Trinajstić information content (AvgIpc) is 2.68. The van der Waals surface area contributed by atoms with Gasteiger partial charge in [0, 0.05) is 26.8 Å². The lowest BCUT2D eigenvalue weighted by Gasteiger charge is -1.98. The molecule has 3 nitrogen and oxygen atoms in total. The number of hydrogen-bond donors (Lipinski definition) is 0. The smallest absolute Gasteiger partial charge is 0.138 e. The minimum atomic E-state index is 0.219. The number of carbonyl (C=O) groups is 1. The summed E-state index contributed by atoms with van der Waals surface area (Å²) in [6.45, 7) is 2.74. The van der Waals surface area contributed by atoms with Crippen LogP contribution in [-0.4, -0.2) is 44.0 Å². The van der Waals surface area contributed by atoms with E-state index in [-0.39, 0.29) is 6.04 Å². The minimum absolute atomic E-state index is 0.219. The predicted molar refractivity (Wildman–Crippen MR) is 37.9 cm³/mol. The highest BCUT2D eigenvalue weighted by molar-refractivity contribution is 5.62. The number of nitrogens with zero attached hydrogens (tertiary/aromatic N) is 1. The Bertz CT molecular complexity index is 116. The van der Waals surface area contributed by atoms with Crippen LogP contribution in [0.1, 0.15) is 6.42 Å². The molecule has 3 heteroatoms. The molecule has 1 heterocycles. The molecule has 58 valence electrons. The first-order valence-corrected chi connectivity index (χ1v) is 3.56. The van der Waals surface area contributed by atoms with Crippen molar-refractivity contribution < 1.29 is 9.53 Å². The second-order valence-electron chi connectivity index (χ2n) is 2.54. The van der Waals surface area contributed by atoms with Gasteiger partial charge >= 0.3 is 0 Å². The monoisotopic (exact) mass is 143 g/mol. The van der Waals surface area contributed by atoms with E-state index >= 15 is 0 Å². The van der Waals surface area contributed by atoms with Crippen LogP contribution in [0.3, 0.4) is 0 Å². The van der Waals surface area contributed by atoms with Gasteiger partial charge in [0.25, 0.3) is 0 Å². The van der Waals surface area contributed by atoms with Gasteiger partial charge in [0.1, 0.15) is 6.29 Å². The number of hydrogen-bond acceptors (Lipinski definition) is 3. The minimum Gasteiger partial charge on any atom is -0.385 e. The van der Waals surface area contributed by atoms with E-state index in [1.807, 2.05) is 0 Å². The van der Waals surface area contributed by atoms with Crippen molar-refractivity contribution in [1.82, 2.24) is 4.90 Å². The molecule has 0 aromatic heterocycles. The van der Waals surface area contributed by atoms with Crippen LogP contribution in [0.5, 0.6) is 0 Å². The SMILES string of the molecule is COCCCN1C[C@H]1C=O. The topological polar surface area (TPSA) is 29.3 Å². The first-order chi connectivity index (χ1) is 4.88. The van der Waals surface area contributed by atoms with Crippen molar-refractivity contribution in [2.45, 2.75) is 12.5 Å². The Kier molecular flexibility index (Phi) is 2.83. The van der Waals surface area contributed by atoms with Crippen molar-refractivity contribution in [3.05, 3.63) is 0 Å². The summed E-state index contributed by atoms with van der Waals surface area (Å²) in [6.07, 6.45) is 2.04. The Morgan fingerprint density at radius 1 is 1.80 bits per heavy atom. The molecule has 0 aromatic rings.